The lowest BCUT2D eigenvalue weighted by Gasteiger charge is -2.15. The van der Waals surface area contributed by atoms with Gasteiger partial charge in [-0.25, -0.2) is 0 Å². The number of nitrogens with one attached hydrogen (secondary N) is 1. The number of hydrogen-bond acceptors (Lipinski definition) is 4. The predicted octanol–water partition coefficient (Wildman–Crippen LogP) is 2.83. The summed E-state index contributed by atoms with van der Waals surface area (Å²) < 4.78 is 16.1. The van der Waals surface area contributed by atoms with Crippen molar-refractivity contribution in [2.45, 2.75) is 20.4 Å². The van der Waals surface area contributed by atoms with E-state index in [1.54, 1.807) is 13.2 Å². The smallest absolute Gasteiger partial charge is 0.189 e. The molecule has 0 fully saturated rings. The highest BCUT2D eigenvalue weighted by Gasteiger charge is 2.12. The SMILES string of the molecule is CCNCc1cc(Cl)cc(OC)c1OCOCC. The number of benzene rings is 1. The van der Waals surface area contributed by atoms with Crippen LogP contribution in [0, 0.1) is 0 Å². The molecule has 0 aliphatic rings. The molecule has 1 aromatic rings. The lowest BCUT2D eigenvalue weighted by Crippen LogP contribution is -2.14. The summed E-state index contributed by atoms with van der Waals surface area (Å²) in [6.45, 7) is 6.32. The first-order valence-electron chi connectivity index (χ1n) is 6.00. The van der Waals surface area contributed by atoms with Crippen molar-refractivity contribution in [1.82, 2.24) is 5.32 Å². The first-order valence-corrected chi connectivity index (χ1v) is 6.38. The fourth-order valence-electron chi connectivity index (χ4n) is 1.51. The van der Waals surface area contributed by atoms with E-state index >= 15 is 0 Å². The number of methoxy groups -OCH3 is 1. The number of ether oxygens (including phenoxy) is 3. The third-order valence-corrected chi connectivity index (χ3v) is 2.59. The Kier molecular flexibility index (Phi) is 6.86. The quantitative estimate of drug-likeness (QED) is 0.584. The average Bonchev–Trinajstić information content (AvgIpc) is 2.37. The molecule has 1 N–H and O–H groups in total. The molecule has 0 aromatic heterocycles. The zero-order valence-corrected chi connectivity index (χ0v) is 11.8. The van der Waals surface area contributed by atoms with E-state index in [1.165, 1.54) is 0 Å². The van der Waals surface area contributed by atoms with Gasteiger partial charge < -0.3 is 19.5 Å². The molecule has 0 atom stereocenters. The summed E-state index contributed by atoms with van der Waals surface area (Å²) in [5.74, 6) is 1.30. The summed E-state index contributed by atoms with van der Waals surface area (Å²) in [5.41, 5.74) is 0.959. The Labute approximate surface area is 113 Å². The zero-order chi connectivity index (χ0) is 13.4. The molecule has 4 nitrogen and oxygen atoms in total. The fourth-order valence-corrected chi connectivity index (χ4v) is 1.74. The molecule has 5 heteroatoms. The second kappa shape index (κ2) is 8.19. The topological polar surface area (TPSA) is 39.7 Å². The highest BCUT2D eigenvalue weighted by atomic mass is 35.5. The van der Waals surface area contributed by atoms with E-state index < -0.39 is 0 Å². The molecule has 0 bridgehead atoms. The van der Waals surface area contributed by atoms with Gasteiger partial charge in [0.2, 0.25) is 0 Å². The molecule has 0 spiro atoms. The van der Waals surface area contributed by atoms with E-state index in [4.69, 9.17) is 25.8 Å². The Bertz CT molecular complexity index is 371. The minimum absolute atomic E-state index is 0.202. The molecule has 1 rings (SSSR count). The van der Waals surface area contributed by atoms with Gasteiger partial charge in [0, 0.05) is 29.8 Å². The highest BCUT2D eigenvalue weighted by Crippen LogP contribution is 2.34. The Morgan fingerprint density at radius 3 is 2.67 bits per heavy atom. The van der Waals surface area contributed by atoms with Crippen LogP contribution in [0.3, 0.4) is 0 Å². The van der Waals surface area contributed by atoms with E-state index in [2.05, 4.69) is 5.32 Å². The maximum Gasteiger partial charge on any atom is 0.189 e. The molecule has 0 aliphatic carbocycles. The van der Waals surface area contributed by atoms with Crippen LogP contribution in [0.25, 0.3) is 0 Å². The molecule has 1 aromatic carbocycles. The van der Waals surface area contributed by atoms with Gasteiger partial charge in [0.15, 0.2) is 18.3 Å². The standard InChI is InChI=1S/C13H20ClNO3/c1-4-15-8-10-6-11(14)7-12(16-3)13(10)18-9-17-5-2/h6-7,15H,4-5,8-9H2,1-3H3. The van der Waals surface area contributed by atoms with Gasteiger partial charge in [-0.15, -0.1) is 0 Å². The van der Waals surface area contributed by atoms with Crippen LogP contribution in [-0.4, -0.2) is 27.1 Å². The monoisotopic (exact) mass is 273 g/mol. The molecule has 102 valence electrons. The summed E-state index contributed by atoms with van der Waals surface area (Å²) in [6.07, 6.45) is 0. The largest absolute Gasteiger partial charge is 0.493 e. The van der Waals surface area contributed by atoms with Crippen molar-refractivity contribution in [2.75, 3.05) is 27.1 Å². The maximum absolute atomic E-state index is 6.05. The number of hydrogen-bond donors (Lipinski definition) is 1. The number of halogens is 1. The second-order valence-corrected chi connectivity index (χ2v) is 4.07. The van der Waals surface area contributed by atoms with Crippen molar-refractivity contribution in [1.29, 1.82) is 0 Å². The highest BCUT2D eigenvalue weighted by molar-refractivity contribution is 6.30. The van der Waals surface area contributed by atoms with Gasteiger partial charge in [-0.05, 0) is 19.5 Å². The van der Waals surface area contributed by atoms with Gasteiger partial charge in [-0.2, -0.15) is 0 Å². The van der Waals surface area contributed by atoms with E-state index in [9.17, 15) is 0 Å². The van der Waals surface area contributed by atoms with Crippen molar-refractivity contribution in [3.8, 4) is 11.5 Å². The Morgan fingerprint density at radius 2 is 2.06 bits per heavy atom. The van der Waals surface area contributed by atoms with Gasteiger partial charge in [-0.3, -0.25) is 0 Å². The Morgan fingerprint density at radius 1 is 1.28 bits per heavy atom. The van der Waals surface area contributed by atoms with Gasteiger partial charge in [0.05, 0.1) is 7.11 Å². The first kappa shape index (κ1) is 15.1. The van der Waals surface area contributed by atoms with E-state index in [-0.39, 0.29) is 6.79 Å². The van der Waals surface area contributed by atoms with Crippen molar-refractivity contribution in [3.05, 3.63) is 22.7 Å². The Balaban J connectivity index is 2.92. The molecule has 0 aliphatic heterocycles. The summed E-state index contributed by atoms with van der Waals surface area (Å²) in [6, 6.07) is 3.60. The van der Waals surface area contributed by atoms with Crippen molar-refractivity contribution in [2.24, 2.45) is 0 Å². The molecular formula is C13H20ClNO3. The fraction of sp³-hybridized carbons (Fsp3) is 0.538. The van der Waals surface area contributed by atoms with Crippen LogP contribution in [0.2, 0.25) is 5.02 Å². The Hall–Kier alpha value is -0.970. The van der Waals surface area contributed by atoms with Crippen LogP contribution >= 0.6 is 11.6 Å². The molecule has 0 saturated carbocycles. The van der Waals surface area contributed by atoms with E-state index in [0.29, 0.717) is 29.7 Å². The summed E-state index contributed by atoms with van der Waals surface area (Å²) >= 11 is 6.05. The van der Waals surface area contributed by atoms with Crippen molar-refractivity contribution >= 4 is 11.6 Å². The predicted molar refractivity (Wildman–Crippen MR) is 72.5 cm³/mol. The van der Waals surface area contributed by atoms with Crippen LogP contribution in [0.5, 0.6) is 11.5 Å². The molecule has 0 unspecified atom stereocenters. The molecule has 18 heavy (non-hydrogen) atoms. The molecule has 0 saturated heterocycles. The second-order valence-electron chi connectivity index (χ2n) is 3.63. The summed E-state index contributed by atoms with van der Waals surface area (Å²) in [5, 5.41) is 3.87. The van der Waals surface area contributed by atoms with Gasteiger partial charge in [-0.1, -0.05) is 18.5 Å². The van der Waals surface area contributed by atoms with Crippen LogP contribution in [0.4, 0.5) is 0 Å². The lowest BCUT2D eigenvalue weighted by molar-refractivity contribution is 0.0202. The minimum atomic E-state index is 0.202. The van der Waals surface area contributed by atoms with E-state index in [0.717, 1.165) is 12.1 Å². The van der Waals surface area contributed by atoms with Gasteiger partial charge in [0.1, 0.15) is 0 Å². The van der Waals surface area contributed by atoms with Crippen LogP contribution in [0.15, 0.2) is 12.1 Å². The van der Waals surface area contributed by atoms with Crippen molar-refractivity contribution < 1.29 is 14.2 Å². The third kappa shape index (κ3) is 4.37. The maximum atomic E-state index is 6.05. The van der Waals surface area contributed by atoms with Gasteiger partial charge in [0.25, 0.3) is 0 Å². The van der Waals surface area contributed by atoms with Crippen LogP contribution in [0.1, 0.15) is 19.4 Å². The minimum Gasteiger partial charge on any atom is -0.493 e. The first-order chi connectivity index (χ1) is 8.72. The summed E-state index contributed by atoms with van der Waals surface area (Å²) in [7, 11) is 1.59. The van der Waals surface area contributed by atoms with Crippen LogP contribution < -0.4 is 14.8 Å². The average molecular weight is 274 g/mol. The molecule has 0 heterocycles. The molecule has 0 radical (unpaired) electrons. The summed E-state index contributed by atoms with van der Waals surface area (Å²) in [4.78, 5) is 0. The zero-order valence-electron chi connectivity index (χ0n) is 11.1. The van der Waals surface area contributed by atoms with Crippen molar-refractivity contribution in [3.63, 3.8) is 0 Å². The number of rotatable bonds is 8. The normalized spacial score (nSPS) is 10.4. The third-order valence-electron chi connectivity index (χ3n) is 2.37. The molecular weight excluding hydrogens is 254 g/mol. The van der Waals surface area contributed by atoms with Gasteiger partial charge >= 0.3 is 0 Å². The van der Waals surface area contributed by atoms with E-state index in [1.807, 2.05) is 19.9 Å². The van der Waals surface area contributed by atoms with Crippen LogP contribution in [-0.2, 0) is 11.3 Å². The lowest BCUT2D eigenvalue weighted by atomic mass is 10.2. The molecule has 0 amide bonds.